The van der Waals surface area contributed by atoms with Crippen molar-refractivity contribution in [2.45, 2.75) is 46.0 Å². The molecule has 1 aromatic carbocycles. The summed E-state index contributed by atoms with van der Waals surface area (Å²) in [5.41, 5.74) is 4.38. The second-order valence-electron chi connectivity index (χ2n) is 5.64. The molecular weight excluding hydrogens is 244 g/mol. The van der Waals surface area contributed by atoms with E-state index in [1.165, 1.54) is 17.3 Å². The number of rotatable bonds is 9. The van der Waals surface area contributed by atoms with Gasteiger partial charge in [0.25, 0.3) is 0 Å². The molecule has 2 heteroatoms. The van der Waals surface area contributed by atoms with Gasteiger partial charge in [-0.05, 0) is 69.2 Å². The average Bonchev–Trinajstić information content (AvgIpc) is 2.42. The van der Waals surface area contributed by atoms with Crippen LogP contribution in [-0.2, 0) is 6.42 Å². The Morgan fingerprint density at radius 2 is 1.85 bits per heavy atom. The van der Waals surface area contributed by atoms with Crippen molar-refractivity contribution in [1.29, 1.82) is 10.8 Å². The van der Waals surface area contributed by atoms with Crippen molar-refractivity contribution in [2.24, 2.45) is 5.92 Å². The molecule has 1 atom stereocenters. The van der Waals surface area contributed by atoms with Crippen LogP contribution >= 0.6 is 0 Å². The number of allylic oxidation sites excluding steroid dienone is 1. The SMILES string of the molecule is C=C(C)c1ccc(CCC(CC=N)CCC(C)=N)cc1. The molecule has 0 amide bonds. The monoisotopic (exact) mass is 270 g/mol. The molecule has 0 fully saturated rings. The van der Waals surface area contributed by atoms with Crippen LogP contribution in [0.1, 0.15) is 50.7 Å². The summed E-state index contributed by atoms with van der Waals surface area (Å²) in [5.74, 6) is 0.522. The molecule has 0 saturated carbocycles. The fourth-order valence-corrected chi connectivity index (χ4v) is 2.29. The zero-order valence-corrected chi connectivity index (χ0v) is 12.7. The van der Waals surface area contributed by atoms with E-state index in [9.17, 15) is 0 Å². The molecule has 1 aromatic rings. The maximum atomic E-state index is 7.51. The topological polar surface area (TPSA) is 47.7 Å². The van der Waals surface area contributed by atoms with Crippen molar-refractivity contribution in [3.8, 4) is 0 Å². The maximum absolute atomic E-state index is 7.51. The highest BCUT2D eigenvalue weighted by molar-refractivity contribution is 5.78. The summed E-state index contributed by atoms with van der Waals surface area (Å²) in [6.45, 7) is 7.83. The lowest BCUT2D eigenvalue weighted by Gasteiger charge is -2.14. The highest BCUT2D eigenvalue weighted by Crippen LogP contribution is 2.19. The van der Waals surface area contributed by atoms with Crippen LogP contribution in [0, 0.1) is 16.7 Å². The van der Waals surface area contributed by atoms with Crippen molar-refractivity contribution >= 4 is 17.5 Å². The van der Waals surface area contributed by atoms with Crippen LogP contribution in [0.3, 0.4) is 0 Å². The first-order chi connectivity index (χ1) is 9.52. The summed E-state index contributed by atoms with van der Waals surface area (Å²) in [5, 5.41) is 14.8. The third kappa shape index (κ3) is 5.96. The van der Waals surface area contributed by atoms with Crippen LogP contribution in [0.4, 0.5) is 0 Å². The predicted octanol–water partition coefficient (Wildman–Crippen LogP) is 5.13. The average molecular weight is 270 g/mol. The fraction of sp³-hybridized carbons (Fsp3) is 0.444. The Bertz CT molecular complexity index is 457. The van der Waals surface area contributed by atoms with Crippen LogP contribution in [-0.4, -0.2) is 11.9 Å². The van der Waals surface area contributed by atoms with Crippen molar-refractivity contribution in [3.05, 3.63) is 42.0 Å². The van der Waals surface area contributed by atoms with Gasteiger partial charge < -0.3 is 10.8 Å². The molecule has 0 aliphatic heterocycles. The van der Waals surface area contributed by atoms with E-state index in [2.05, 4.69) is 30.8 Å². The van der Waals surface area contributed by atoms with Crippen LogP contribution in [0.15, 0.2) is 30.8 Å². The van der Waals surface area contributed by atoms with E-state index in [0.717, 1.165) is 43.4 Å². The molecule has 0 aliphatic rings. The molecule has 108 valence electrons. The lowest BCUT2D eigenvalue weighted by Crippen LogP contribution is -2.05. The summed E-state index contributed by atoms with van der Waals surface area (Å²) in [6.07, 6.45) is 6.36. The van der Waals surface area contributed by atoms with Crippen LogP contribution < -0.4 is 0 Å². The predicted molar refractivity (Wildman–Crippen MR) is 89.0 cm³/mol. The van der Waals surface area contributed by atoms with Gasteiger partial charge >= 0.3 is 0 Å². The lowest BCUT2D eigenvalue weighted by atomic mass is 9.91. The molecule has 1 unspecified atom stereocenters. The Morgan fingerprint density at radius 3 is 2.35 bits per heavy atom. The van der Waals surface area contributed by atoms with Crippen molar-refractivity contribution in [2.75, 3.05) is 0 Å². The minimum atomic E-state index is 0.522. The van der Waals surface area contributed by atoms with Gasteiger partial charge in [0.1, 0.15) is 0 Å². The van der Waals surface area contributed by atoms with E-state index in [-0.39, 0.29) is 0 Å². The highest BCUT2D eigenvalue weighted by Gasteiger charge is 2.08. The second kappa shape index (κ2) is 8.47. The Balaban J connectivity index is 2.51. The molecule has 1 rings (SSSR count). The van der Waals surface area contributed by atoms with Crippen molar-refractivity contribution in [1.82, 2.24) is 0 Å². The summed E-state index contributed by atoms with van der Waals surface area (Å²) >= 11 is 0. The van der Waals surface area contributed by atoms with Gasteiger partial charge in [0.2, 0.25) is 0 Å². The molecule has 0 aliphatic carbocycles. The molecule has 20 heavy (non-hydrogen) atoms. The summed E-state index contributed by atoms with van der Waals surface area (Å²) in [6, 6.07) is 8.61. The fourth-order valence-electron chi connectivity index (χ4n) is 2.29. The summed E-state index contributed by atoms with van der Waals surface area (Å²) < 4.78 is 0. The number of hydrogen-bond acceptors (Lipinski definition) is 2. The zero-order valence-electron chi connectivity index (χ0n) is 12.7. The van der Waals surface area contributed by atoms with E-state index in [1.54, 1.807) is 0 Å². The van der Waals surface area contributed by atoms with E-state index in [4.69, 9.17) is 10.8 Å². The van der Waals surface area contributed by atoms with E-state index < -0.39 is 0 Å². The Kier molecular flexibility index (Phi) is 6.92. The number of benzene rings is 1. The van der Waals surface area contributed by atoms with Crippen molar-refractivity contribution < 1.29 is 0 Å². The second-order valence-corrected chi connectivity index (χ2v) is 5.64. The molecule has 0 heterocycles. The third-order valence-corrected chi connectivity index (χ3v) is 3.67. The number of aryl methyl sites for hydroxylation is 1. The van der Waals surface area contributed by atoms with Crippen LogP contribution in [0.25, 0.3) is 5.57 Å². The quantitative estimate of drug-likeness (QED) is 0.585. The van der Waals surface area contributed by atoms with Gasteiger partial charge in [0, 0.05) is 5.71 Å². The van der Waals surface area contributed by atoms with Gasteiger partial charge in [-0.25, -0.2) is 0 Å². The summed E-state index contributed by atoms with van der Waals surface area (Å²) in [4.78, 5) is 0. The smallest absolute Gasteiger partial charge is 0.00583 e. The molecule has 0 saturated heterocycles. The van der Waals surface area contributed by atoms with Crippen LogP contribution in [0.5, 0.6) is 0 Å². The molecule has 0 aromatic heterocycles. The van der Waals surface area contributed by atoms with Gasteiger partial charge in [0.05, 0.1) is 0 Å². The minimum absolute atomic E-state index is 0.522. The van der Waals surface area contributed by atoms with E-state index in [1.807, 2.05) is 13.8 Å². The van der Waals surface area contributed by atoms with Gasteiger partial charge in [0.15, 0.2) is 0 Å². The first kappa shape index (κ1) is 16.4. The summed E-state index contributed by atoms with van der Waals surface area (Å²) in [7, 11) is 0. The molecular formula is C18H26N2. The maximum Gasteiger partial charge on any atom is 0.00583 e. The first-order valence-corrected chi connectivity index (χ1v) is 7.30. The third-order valence-electron chi connectivity index (χ3n) is 3.67. The van der Waals surface area contributed by atoms with E-state index in [0.29, 0.717) is 5.92 Å². The Hall–Kier alpha value is -1.70. The van der Waals surface area contributed by atoms with Gasteiger partial charge in [-0.1, -0.05) is 36.4 Å². The van der Waals surface area contributed by atoms with Crippen LogP contribution in [0.2, 0.25) is 0 Å². The van der Waals surface area contributed by atoms with Gasteiger partial charge in [-0.2, -0.15) is 0 Å². The number of hydrogen-bond donors (Lipinski definition) is 2. The van der Waals surface area contributed by atoms with E-state index >= 15 is 0 Å². The van der Waals surface area contributed by atoms with Gasteiger partial charge in [-0.15, -0.1) is 0 Å². The molecule has 0 bridgehead atoms. The largest absolute Gasteiger partial charge is 0.313 e. The number of nitrogens with one attached hydrogen (secondary N) is 2. The Morgan fingerprint density at radius 1 is 1.20 bits per heavy atom. The standard InChI is InChI=1S/C18H26N2/c1-14(2)18-10-8-16(9-11-18)6-7-17(12-13-19)5-4-15(3)20/h8-11,13,17,19-20H,1,4-7,12H2,2-3H3. The Labute approximate surface area is 122 Å². The highest BCUT2D eigenvalue weighted by atomic mass is 14.4. The molecule has 2 nitrogen and oxygen atoms in total. The van der Waals surface area contributed by atoms with Gasteiger partial charge in [-0.3, -0.25) is 0 Å². The lowest BCUT2D eigenvalue weighted by molar-refractivity contribution is 0.477. The first-order valence-electron chi connectivity index (χ1n) is 7.30. The molecule has 0 spiro atoms. The zero-order chi connectivity index (χ0) is 15.0. The molecule has 2 N–H and O–H groups in total. The van der Waals surface area contributed by atoms with Crippen molar-refractivity contribution in [3.63, 3.8) is 0 Å². The molecule has 0 radical (unpaired) electrons. The normalized spacial score (nSPS) is 11.9. The minimum Gasteiger partial charge on any atom is -0.313 e.